The Labute approximate surface area is 94.5 Å². The molecule has 0 aliphatic carbocycles. The van der Waals surface area contributed by atoms with Crippen molar-refractivity contribution in [1.82, 2.24) is 9.55 Å². The van der Waals surface area contributed by atoms with Gasteiger partial charge in [0, 0.05) is 43.6 Å². The first-order chi connectivity index (χ1) is 7.86. The molecule has 0 fully saturated rings. The summed E-state index contributed by atoms with van der Waals surface area (Å²) in [5.41, 5.74) is 1.86. The highest BCUT2D eigenvalue weighted by Crippen LogP contribution is 2.19. The van der Waals surface area contributed by atoms with Gasteiger partial charge in [-0.3, -0.25) is 0 Å². The number of aryl methyl sites for hydroxylation is 1. The summed E-state index contributed by atoms with van der Waals surface area (Å²) in [5, 5.41) is 10.3. The van der Waals surface area contributed by atoms with E-state index in [9.17, 15) is 5.11 Å². The highest BCUT2D eigenvalue weighted by atomic mass is 16.5. The molecule has 0 aliphatic rings. The number of hydrogen-bond donors (Lipinski definition) is 1. The van der Waals surface area contributed by atoms with E-state index in [0.717, 1.165) is 36.2 Å². The molecule has 86 valence electrons. The van der Waals surface area contributed by atoms with E-state index in [2.05, 4.69) is 9.55 Å². The van der Waals surface area contributed by atoms with Gasteiger partial charge in [-0.25, -0.2) is 4.98 Å². The average molecular weight is 220 g/mol. The first-order valence-electron chi connectivity index (χ1n) is 5.39. The first kappa shape index (κ1) is 11.1. The lowest BCUT2D eigenvalue weighted by molar-refractivity contribution is 0.190. The van der Waals surface area contributed by atoms with Gasteiger partial charge in [0.25, 0.3) is 0 Å². The molecule has 0 aliphatic heterocycles. The third-order valence-electron chi connectivity index (χ3n) is 2.63. The van der Waals surface area contributed by atoms with Crippen LogP contribution in [-0.4, -0.2) is 28.4 Å². The van der Waals surface area contributed by atoms with Crippen LogP contribution in [0.2, 0.25) is 0 Å². The molecule has 16 heavy (non-hydrogen) atoms. The fourth-order valence-corrected chi connectivity index (χ4v) is 1.87. The van der Waals surface area contributed by atoms with Crippen molar-refractivity contribution in [3.63, 3.8) is 0 Å². The third kappa shape index (κ3) is 2.08. The van der Waals surface area contributed by atoms with Crippen LogP contribution in [0.4, 0.5) is 0 Å². The van der Waals surface area contributed by atoms with Crippen LogP contribution in [0.3, 0.4) is 0 Å². The van der Waals surface area contributed by atoms with Gasteiger partial charge < -0.3 is 14.4 Å². The Hall–Kier alpha value is -1.39. The van der Waals surface area contributed by atoms with Crippen molar-refractivity contribution in [2.45, 2.75) is 19.6 Å². The number of aliphatic hydroxyl groups is 1. The summed E-state index contributed by atoms with van der Waals surface area (Å²) in [5.74, 6) is 0. The maximum absolute atomic E-state index is 9.25. The zero-order valence-corrected chi connectivity index (χ0v) is 9.39. The Kier molecular flexibility index (Phi) is 3.54. The summed E-state index contributed by atoms with van der Waals surface area (Å²) in [6.07, 6.45) is 4.69. The van der Waals surface area contributed by atoms with Crippen LogP contribution < -0.4 is 0 Å². The molecule has 0 amide bonds. The topological polar surface area (TPSA) is 47.3 Å². The van der Waals surface area contributed by atoms with Crippen LogP contribution in [0.5, 0.6) is 0 Å². The molecule has 4 heteroatoms. The molecule has 0 saturated heterocycles. The molecule has 4 nitrogen and oxygen atoms in total. The number of hydrogen-bond acceptors (Lipinski definition) is 3. The van der Waals surface area contributed by atoms with E-state index in [1.165, 1.54) is 0 Å². The monoisotopic (exact) mass is 220 g/mol. The Bertz CT molecular complexity index is 465. The van der Waals surface area contributed by atoms with Gasteiger partial charge in [-0.2, -0.15) is 0 Å². The second kappa shape index (κ2) is 5.09. The second-order valence-electron chi connectivity index (χ2n) is 3.73. The average Bonchev–Trinajstić information content (AvgIpc) is 2.68. The van der Waals surface area contributed by atoms with E-state index in [1.54, 1.807) is 13.3 Å². The molecule has 0 radical (unpaired) electrons. The number of pyridine rings is 1. The fourth-order valence-electron chi connectivity index (χ4n) is 1.87. The van der Waals surface area contributed by atoms with Crippen LogP contribution >= 0.6 is 0 Å². The number of ether oxygens (including phenoxy) is 1. The number of fused-ring (bicyclic) bond motifs is 1. The number of nitrogens with zero attached hydrogens (tertiary/aromatic N) is 2. The Morgan fingerprint density at radius 3 is 3.12 bits per heavy atom. The maximum atomic E-state index is 9.25. The molecule has 1 N–H and O–H groups in total. The molecular weight excluding hydrogens is 204 g/mol. The minimum Gasteiger partial charge on any atom is -0.392 e. The minimum absolute atomic E-state index is 0.0550. The smallest absolute Gasteiger partial charge is 0.140 e. The summed E-state index contributed by atoms with van der Waals surface area (Å²) >= 11 is 0. The third-order valence-corrected chi connectivity index (χ3v) is 2.63. The zero-order valence-electron chi connectivity index (χ0n) is 9.39. The normalized spacial score (nSPS) is 11.1. The van der Waals surface area contributed by atoms with Crippen LogP contribution in [-0.2, 0) is 17.9 Å². The van der Waals surface area contributed by atoms with E-state index in [-0.39, 0.29) is 6.61 Å². The number of aromatic nitrogens is 2. The summed E-state index contributed by atoms with van der Waals surface area (Å²) in [6.45, 7) is 1.65. The highest BCUT2D eigenvalue weighted by molar-refractivity contribution is 5.80. The molecule has 0 saturated carbocycles. The van der Waals surface area contributed by atoms with Crippen molar-refractivity contribution in [3.8, 4) is 0 Å². The van der Waals surface area contributed by atoms with E-state index < -0.39 is 0 Å². The van der Waals surface area contributed by atoms with Crippen LogP contribution in [0.1, 0.15) is 12.0 Å². The van der Waals surface area contributed by atoms with Gasteiger partial charge in [-0.05, 0) is 18.6 Å². The van der Waals surface area contributed by atoms with Gasteiger partial charge in [0.2, 0.25) is 0 Å². The molecule has 0 unspecified atom stereocenters. The summed E-state index contributed by atoms with van der Waals surface area (Å²) in [7, 11) is 1.70. The Balaban J connectivity index is 2.30. The summed E-state index contributed by atoms with van der Waals surface area (Å²) < 4.78 is 7.09. The predicted octanol–water partition coefficient (Wildman–Crippen LogP) is 1.57. The molecule has 0 spiro atoms. The lowest BCUT2D eigenvalue weighted by atomic mass is 10.2. The molecule has 2 heterocycles. The van der Waals surface area contributed by atoms with Crippen LogP contribution in [0, 0.1) is 0 Å². The van der Waals surface area contributed by atoms with E-state index in [1.807, 2.05) is 18.3 Å². The van der Waals surface area contributed by atoms with Crippen LogP contribution in [0.25, 0.3) is 11.0 Å². The molecule has 0 bridgehead atoms. The van der Waals surface area contributed by atoms with Crippen LogP contribution in [0.15, 0.2) is 24.5 Å². The fraction of sp³-hybridized carbons (Fsp3) is 0.417. The van der Waals surface area contributed by atoms with Crippen molar-refractivity contribution < 1.29 is 9.84 Å². The largest absolute Gasteiger partial charge is 0.392 e. The van der Waals surface area contributed by atoms with Crippen molar-refractivity contribution in [3.05, 3.63) is 30.1 Å². The number of rotatable bonds is 5. The number of aliphatic hydroxyl groups excluding tert-OH is 1. The highest BCUT2D eigenvalue weighted by Gasteiger charge is 2.07. The van der Waals surface area contributed by atoms with E-state index in [0.29, 0.717) is 0 Å². The Morgan fingerprint density at radius 2 is 2.38 bits per heavy atom. The Morgan fingerprint density at radius 1 is 1.50 bits per heavy atom. The SMILES string of the molecule is COCCCn1cc(CO)c2cccnc21. The van der Waals surface area contributed by atoms with Gasteiger partial charge >= 0.3 is 0 Å². The van der Waals surface area contributed by atoms with Gasteiger partial charge in [0.1, 0.15) is 5.65 Å². The van der Waals surface area contributed by atoms with E-state index in [4.69, 9.17) is 4.74 Å². The van der Waals surface area contributed by atoms with Crippen molar-refractivity contribution in [2.24, 2.45) is 0 Å². The van der Waals surface area contributed by atoms with Gasteiger partial charge in [-0.1, -0.05) is 0 Å². The van der Waals surface area contributed by atoms with Crippen molar-refractivity contribution in [2.75, 3.05) is 13.7 Å². The molecule has 2 aromatic heterocycles. The molecular formula is C12H16N2O2. The van der Waals surface area contributed by atoms with Crippen molar-refractivity contribution in [1.29, 1.82) is 0 Å². The molecule has 2 rings (SSSR count). The van der Waals surface area contributed by atoms with E-state index >= 15 is 0 Å². The van der Waals surface area contributed by atoms with Crippen molar-refractivity contribution >= 4 is 11.0 Å². The zero-order chi connectivity index (χ0) is 11.4. The number of methoxy groups -OCH3 is 1. The standard InChI is InChI=1S/C12H16N2O2/c1-16-7-3-6-14-8-10(9-15)11-4-2-5-13-12(11)14/h2,4-5,8,15H,3,6-7,9H2,1H3. The maximum Gasteiger partial charge on any atom is 0.140 e. The van der Waals surface area contributed by atoms with Gasteiger partial charge in [0.05, 0.1) is 6.61 Å². The quantitative estimate of drug-likeness (QED) is 0.778. The summed E-state index contributed by atoms with van der Waals surface area (Å²) in [6, 6.07) is 3.88. The van der Waals surface area contributed by atoms with Gasteiger partial charge in [-0.15, -0.1) is 0 Å². The lowest BCUT2D eigenvalue weighted by Gasteiger charge is -2.03. The van der Waals surface area contributed by atoms with Gasteiger partial charge in [0.15, 0.2) is 0 Å². The lowest BCUT2D eigenvalue weighted by Crippen LogP contribution is -2.00. The second-order valence-corrected chi connectivity index (χ2v) is 3.73. The molecule has 0 aromatic carbocycles. The molecule has 2 aromatic rings. The minimum atomic E-state index is 0.0550. The summed E-state index contributed by atoms with van der Waals surface area (Å²) in [4.78, 5) is 4.34. The predicted molar refractivity (Wildman–Crippen MR) is 62.1 cm³/mol. The first-order valence-corrected chi connectivity index (χ1v) is 5.39. The molecule has 0 atom stereocenters.